The van der Waals surface area contributed by atoms with Crippen LogP contribution in [-0.2, 0) is 14.9 Å². The molecule has 8 heteroatoms. The zero-order chi connectivity index (χ0) is 24.9. The third kappa shape index (κ3) is 4.81. The molecule has 4 fully saturated rings. The van der Waals surface area contributed by atoms with E-state index in [0.717, 1.165) is 38.5 Å². The molecule has 0 heterocycles. The van der Waals surface area contributed by atoms with E-state index in [2.05, 4.69) is 26.1 Å². The molecule has 34 heavy (non-hydrogen) atoms. The lowest BCUT2D eigenvalue weighted by Crippen LogP contribution is -2.58. The monoisotopic (exact) mass is 499 g/mol. The van der Waals surface area contributed by atoms with Crippen LogP contribution in [0.25, 0.3) is 0 Å². The highest BCUT2D eigenvalue weighted by Crippen LogP contribution is 2.68. The third-order valence-electron chi connectivity index (χ3n) is 11.0. The van der Waals surface area contributed by atoms with Gasteiger partial charge < -0.3 is 15.5 Å². The summed E-state index contributed by atoms with van der Waals surface area (Å²) < 4.78 is 30.5. The zero-order valence-electron chi connectivity index (χ0n) is 21.1. The topological polar surface area (TPSA) is 124 Å². The zero-order valence-corrected chi connectivity index (χ0v) is 21.9. The molecule has 4 N–H and O–H groups in total. The summed E-state index contributed by atoms with van der Waals surface area (Å²) in [6, 6.07) is 0. The number of hydrogen-bond acceptors (Lipinski definition) is 5. The predicted octanol–water partition coefficient (Wildman–Crippen LogP) is 3.40. The Morgan fingerprint density at radius 3 is 2.50 bits per heavy atom. The average molecular weight is 500 g/mol. The standard InChI is InChI=1S/C26H45NO6S/c1-16(4-9-24(30)27-12-13-34(31,32)33)20-7-8-21-19-6-5-17-14-18(28)10-11-25(17,2)22(19)15-23(29)26(20,21)3/h16-23,28-29H,4-15H2,1-3H3,(H,27,30)(H,31,32,33)/t16?,17-,18-,19+,20-,21+,22+,23+,25?,26?/m1/s1. The van der Waals surface area contributed by atoms with Gasteiger partial charge in [-0.3, -0.25) is 9.35 Å². The van der Waals surface area contributed by atoms with Crippen molar-refractivity contribution in [3.63, 3.8) is 0 Å². The number of fused-ring (bicyclic) bond motifs is 5. The van der Waals surface area contributed by atoms with Crippen LogP contribution in [0.15, 0.2) is 0 Å². The summed E-state index contributed by atoms with van der Waals surface area (Å²) in [6.07, 6.45) is 8.93. The van der Waals surface area contributed by atoms with Gasteiger partial charge in [0.15, 0.2) is 0 Å². The summed E-state index contributed by atoms with van der Waals surface area (Å²) in [6.45, 7) is 6.86. The maximum Gasteiger partial charge on any atom is 0.266 e. The van der Waals surface area contributed by atoms with Gasteiger partial charge in [0, 0.05) is 13.0 Å². The number of carbonyl (C=O) groups is 1. The van der Waals surface area contributed by atoms with E-state index in [1.54, 1.807) is 0 Å². The molecule has 0 bridgehead atoms. The second kappa shape index (κ2) is 9.64. The minimum absolute atomic E-state index is 0.0756. The van der Waals surface area contributed by atoms with E-state index < -0.39 is 15.9 Å². The number of hydrogen-bond donors (Lipinski definition) is 4. The summed E-state index contributed by atoms with van der Waals surface area (Å²) in [7, 11) is -4.07. The Morgan fingerprint density at radius 1 is 1.06 bits per heavy atom. The summed E-state index contributed by atoms with van der Waals surface area (Å²) in [4.78, 5) is 12.2. The fourth-order valence-corrected chi connectivity index (χ4v) is 9.49. The van der Waals surface area contributed by atoms with Gasteiger partial charge in [-0.2, -0.15) is 8.42 Å². The molecule has 0 radical (unpaired) electrons. The molecule has 7 nitrogen and oxygen atoms in total. The lowest BCUT2D eigenvalue weighted by Gasteiger charge is -2.62. The van der Waals surface area contributed by atoms with Crippen molar-refractivity contribution in [1.82, 2.24) is 5.32 Å². The van der Waals surface area contributed by atoms with E-state index in [0.29, 0.717) is 48.3 Å². The first-order valence-corrected chi connectivity index (χ1v) is 15.0. The Bertz CT molecular complexity index is 863. The fourth-order valence-electron chi connectivity index (χ4n) is 9.13. The highest BCUT2D eigenvalue weighted by molar-refractivity contribution is 7.85. The van der Waals surface area contributed by atoms with E-state index >= 15 is 0 Å². The lowest BCUT2D eigenvalue weighted by atomic mass is 9.43. The lowest BCUT2D eigenvalue weighted by molar-refractivity contribution is -0.174. The van der Waals surface area contributed by atoms with E-state index in [1.165, 1.54) is 12.8 Å². The molecule has 4 aliphatic rings. The number of aliphatic hydroxyl groups excluding tert-OH is 2. The van der Waals surface area contributed by atoms with Gasteiger partial charge in [0.25, 0.3) is 10.1 Å². The van der Waals surface area contributed by atoms with Crippen molar-refractivity contribution in [2.45, 2.75) is 97.2 Å². The van der Waals surface area contributed by atoms with Crippen LogP contribution in [0.1, 0.15) is 85.0 Å². The molecule has 0 aromatic heterocycles. The van der Waals surface area contributed by atoms with Crippen LogP contribution in [-0.4, -0.2) is 53.6 Å². The van der Waals surface area contributed by atoms with Crippen molar-refractivity contribution >= 4 is 16.0 Å². The van der Waals surface area contributed by atoms with E-state index in [9.17, 15) is 23.4 Å². The van der Waals surface area contributed by atoms with Crippen LogP contribution in [0.2, 0.25) is 0 Å². The molecule has 4 saturated carbocycles. The Balaban J connectivity index is 1.40. The Kier molecular flexibility index (Phi) is 7.47. The molecule has 10 atom stereocenters. The van der Waals surface area contributed by atoms with Crippen LogP contribution < -0.4 is 5.32 Å². The highest BCUT2D eigenvalue weighted by Gasteiger charge is 2.63. The summed E-state index contributed by atoms with van der Waals surface area (Å²) in [5, 5.41) is 24.5. The van der Waals surface area contributed by atoms with Gasteiger partial charge in [0.2, 0.25) is 5.91 Å². The average Bonchev–Trinajstić information content (AvgIpc) is 3.11. The normalized spacial score (nSPS) is 45.1. The van der Waals surface area contributed by atoms with Crippen molar-refractivity contribution in [3.05, 3.63) is 0 Å². The summed E-state index contributed by atoms with van der Waals surface area (Å²) in [5.74, 6) is 2.28. The van der Waals surface area contributed by atoms with Gasteiger partial charge in [-0.1, -0.05) is 20.8 Å². The van der Waals surface area contributed by atoms with E-state index in [4.69, 9.17) is 4.55 Å². The molecule has 1 amide bonds. The smallest absolute Gasteiger partial charge is 0.266 e. The molecular formula is C26H45NO6S. The molecule has 196 valence electrons. The Hall–Kier alpha value is -0.700. The third-order valence-corrected chi connectivity index (χ3v) is 11.7. The van der Waals surface area contributed by atoms with Crippen molar-refractivity contribution < 1.29 is 28.0 Å². The predicted molar refractivity (Wildman–Crippen MR) is 130 cm³/mol. The first-order valence-electron chi connectivity index (χ1n) is 13.4. The Labute approximate surface area is 205 Å². The maximum atomic E-state index is 12.2. The van der Waals surface area contributed by atoms with Gasteiger partial charge in [-0.15, -0.1) is 0 Å². The number of aliphatic hydroxyl groups is 2. The maximum absolute atomic E-state index is 12.2. The number of carbonyl (C=O) groups excluding carboxylic acids is 1. The SMILES string of the molecule is CC(CCC(=O)NCCS(=O)(=O)O)[C@H]1CC[C@H]2[C@@H]3CC[C@@H]4C[C@H](O)CCC4(C)[C@H]3C[C@H](O)C12C. The van der Waals surface area contributed by atoms with Gasteiger partial charge >= 0.3 is 0 Å². The summed E-state index contributed by atoms with van der Waals surface area (Å²) >= 11 is 0. The molecular weight excluding hydrogens is 454 g/mol. The van der Waals surface area contributed by atoms with Gasteiger partial charge in [0.1, 0.15) is 0 Å². The van der Waals surface area contributed by atoms with Crippen molar-refractivity contribution in [3.8, 4) is 0 Å². The summed E-state index contributed by atoms with van der Waals surface area (Å²) in [5.41, 5.74) is 0.105. The van der Waals surface area contributed by atoms with Crippen molar-refractivity contribution in [2.75, 3.05) is 12.3 Å². The van der Waals surface area contributed by atoms with Crippen molar-refractivity contribution in [1.29, 1.82) is 0 Å². The van der Waals surface area contributed by atoms with Crippen LogP contribution in [0, 0.1) is 46.3 Å². The molecule has 3 unspecified atom stereocenters. The van der Waals surface area contributed by atoms with Crippen molar-refractivity contribution in [2.24, 2.45) is 46.3 Å². The fraction of sp³-hybridized carbons (Fsp3) is 0.962. The molecule has 0 aromatic carbocycles. The second-order valence-electron chi connectivity index (χ2n) is 12.5. The number of amides is 1. The second-order valence-corrected chi connectivity index (χ2v) is 14.1. The van der Waals surface area contributed by atoms with E-state index in [-0.39, 0.29) is 35.5 Å². The quantitative estimate of drug-likeness (QED) is 0.398. The first kappa shape index (κ1) is 26.4. The van der Waals surface area contributed by atoms with E-state index in [1.807, 2.05) is 0 Å². The number of rotatable bonds is 7. The van der Waals surface area contributed by atoms with Crippen LogP contribution >= 0.6 is 0 Å². The molecule has 4 aliphatic carbocycles. The van der Waals surface area contributed by atoms with Gasteiger partial charge in [0.05, 0.1) is 18.0 Å². The molecule has 4 rings (SSSR count). The van der Waals surface area contributed by atoms with Gasteiger partial charge in [-0.05, 0) is 104 Å². The first-order chi connectivity index (χ1) is 15.9. The molecule has 0 spiro atoms. The van der Waals surface area contributed by atoms with Crippen LogP contribution in [0.3, 0.4) is 0 Å². The minimum atomic E-state index is -4.07. The Morgan fingerprint density at radius 2 is 1.79 bits per heavy atom. The molecule has 0 aromatic rings. The van der Waals surface area contributed by atoms with Crippen LogP contribution in [0.4, 0.5) is 0 Å². The molecule has 0 saturated heterocycles. The van der Waals surface area contributed by atoms with Gasteiger partial charge in [-0.25, -0.2) is 0 Å². The minimum Gasteiger partial charge on any atom is -0.393 e. The van der Waals surface area contributed by atoms with Crippen LogP contribution in [0.5, 0.6) is 0 Å². The number of nitrogens with one attached hydrogen (secondary N) is 1. The molecule has 0 aliphatic heterocycles. The largest absolute Gasteiger partial charge is 0.393 e. The highest BCUT2D eigenvalue weighted by atomic mass is 32.2.